The lowest BCUT2D eigenvalue weighted by Crippen LogP contribution is -2.45. The van der Waals surface area contributed by atoms with E-state index in [9.17, 15) is 19.8 Å². The van der Waals surface area contributed by atoms with Gasteiger partial charge in [0.2, 0.25) is 5.91 Å². The number of hydrogen-bond acceptors (Lipinski definition) is 5. The number of hydrogen-bond donors (Lipinski definition) is 3. The van der Waals surface area contributed by atoms with Gasteiger partial charge in [0.1, 0.15) is 0 Å². The van der Waals surface area contributed by atoms with Crippen LogP contribution in [0.1, 0.15) is 335 Å². The molecule has 0 aliphatic carbocycles. The van der Waals surface area contributed by atoms with Gasteiger partial charge in [0.15, 0.2) is 0 Å². The monoisotopic (exact) mass is 984 g/mol. The summed E-state index contributed by atoms with van der Waals surface area (Å²) < 4.78 is 5.49. The molecule has 0 bridgehead atoms. The zero-order chi connectivity index (χ0) is 50.7. The van der Waals surface area contributed by atoms with E-state index in [1.165, 1.54) is 250 Å². The first-order valence-corrected chi connectivity index (χ1v) is 31.3. The molecule has 70 heavy (non-hydrogen) atoms. The molecule has 0 aliphatic heterocycles. The number of ether oxygens (including phenoxy) is 1. The first-order valence-electron chi connectivity index (χ1n) is 31.3. The van der Waals surface area contributed by atoms with Crippen molar-refractivity contribution < 1.29 is 24.5 Å². The summed E-state index contributed by atoms with van der Waals surface area (Å²) >= 11 is 0. The minimum absolute atomic E-state index is 0.0104. The van der Waals surface area contributed by atoms with Gasteiger partial charge in [-0.15, -0.1) is 0 Å². The second kappa shape index (κ2) is 59.6. The number of esters is 1. The summed E-state index contributed by atoms with van der Waals surface area (Å²) in [6.45, 7) is 4.91. The highest BCUT2D eigenvalue weighted by atomic mass is 16.5. The van der Waals surface area contributed by atoms with E-state index in [1.807, 2.05) is 6.08 Å². The van der Waals surface area contributed by atoms with Crippen molar-refractivity contribution in [2.75, 3.05) is 13.2 Å². The Hall–Kier alpha value is -1.92. The molecule has 0 aromatic heterocycles. The van der Waals surface area contributed by atoms with Crippen LogP contribution in [0, 0.1) is 0 Å². The number of aliphatic hydroxyl groups excluding tert-OH is 2. The molecule has 2 unspecified atom stereocenters. The predicted molar refractivity (Wildman–Crippen MR) is 306 cm³/mol. The van der Waals surface area contributed by atoms with Gasteiger partial charge < -0.3 is 20.3 Å². The van der Waals surface area contributed by atoms with Crippen LogP contribution in [0.3, 0.4) is 0 Å². The summed E-state index contributed by atoms with van der Waals surface area (Å²) in [6, 6.07) is -0.635. The molecule has 0 aromatic carbocycles. The highest BCUT2D eigenvalue weighted by Crippen LogP contribution is 2.17. The van der Waals surface area contributed by atoms with Crippen molar-refractivity contribution in [3.63, 3.8) is 0 Å². The zero-order valence-corrected chi connectivity index (χ0v) is 47.0. The lowest BCUT2D eigenvalue weighted by atomic mass is 10.0. The summed E-state index contributed by atoms with van der Waals surface area (Å²) in [4.78, 5) is 24.5. The van der Waals surface area contributed by atoms with E-state index < -0.39 is 12.1 Å². The van der Waals surface area contributed by atoms with Crippen LogP contribution in [0.4, 0.5) is 0 Å². The van der Waals surface area contributed by atoms with Crippen molar-refractivity contribution in [3.8, 4) is 0 Å². The Labute approximate surface area is 436 Å². The molecule has 0 fully saturated rings. The van der Waals surface area contributed by atoms with Crippen LogP contribution >= 0.6 is 0 Å². The van der Waals surface area contributed by atoms with E-state index in [2.05, 4.69) is 43.5 Å². The molecule has 6 nitrogen and oxygen atoms in total. The lowest BCUT2D eigenvalue weighted by Gasteiger charge is -2.20. The molecule has 2 atom stereocenters. The molecule has 0 aliphatic rings. The molecular weight excluding hydrogens is 863 g/mol. The molecule has 0 radical (unpaired) electrons. The minimum atomic E-state index is -0.850. The Kier molecular flexibility index (Phi) is 58.0. The predicted octanol–water partition coefficient (Wildman–Crippen LogP) is 19.6. The van der Waals surface area contributed by atoms with Crippen molar-refractivity contribution in [3.05, 3.63) is 36.5 Å². The Balaban J connectivity index is 3.44. The van der Waals surface area contributed by atoms with Crippen molar-refractivity contribution in [2.24, 2.45) is 0 Å². The smallest absolute Gasteiger partial charge is 0.305 e. The Bertz CT molecular complexity index is 1130. The van der Waals surface area contributed by atoms with Gasteiger partial charge in [-0.25, -0.2) is 0 Å². The van der Waals surface area contributed by atoms with Crippen LogP contribution in [0.2, 0.25) is 0 Å². The maximum absolute atomic E-state index is 12.4. The van der Waals surface area contributed by atoms with Crippen molar-refractivity contribution in [1.82, 2.24) is 5.32 Å². The maximum atomic E-state index is 12.4. The molecule has 0 rings (SSSR count). The Morgan fingerprint density at radius 1 is 0.400 bits per heavy atom. The first kappa shape index (κ1) is 68.1. The van der Waals surface area contributed by atoms with Crippen LogP contribution in [0.5, 0.6) is 0 Å². The lowest BCUT2D eigenvalue weighted by molar-refractivity contribution is -0.143. The van der Waals surface area contributed by atoms with Crippen LogP contribution in [0.25, 0.3) is 0 Å². The SMILES string of the molecule is CCCCCCCCCCCCC/C=C/C(O)C(CO)NC(=O)CCCCCCCCC/C=C\C/C=C\CCCCCCCCCCCOC(=O)CCCCCCCCCCCCCCCCCCC. The molecule has 0 spiro atoms. The molecule has 412 valence electrons. The van der Waals surface area contributed by atoms with Crippen molar-refractivity contribution >= 4 is 11.9 Å². The second-order valence-corrected chi connectivity index (χ2v) is 21.4. The average molecular weight is 985 g/mol. The van der Waals surface area contributed by atoms with E-state index in [4.69, 9.17) is 4.74 Å². The number of carbonyl (C=O) groups is 2. The number of aliphatic hydroxyl groups is 2. The van der Waals surface area contributed by atoms with E-state index in [0.717, 1.165) is 57.8 Å². The van der Waals surface area contributed by atoms with Crippen LogP contribution in [-0.4, -0.2) is 47.4 Å². The van der Waals surface area contributed by atoms with Gasteiger partial charge in [-0.05, 0) is 64.2 Å². The fourth-order valence-electron chi connectivity index (χ4n) is 9.61. The van der Waals surface area contributed by atoms with Crippen LogP contribution in [0.15, 0.2) is 36.5 Å². The molecule has 3 N–H and O–H groups in total. The van der Waals surface area contributed by atoms with E-state index in [1.54, 1.807) is 6.08 Å². The van der Waals surface area contributed by atoms with E-state index >= 15 is 0 Å². The Morgan fingerprint density at radius 2 is 0.714 bits per heavy atom. The third-order valence-electron chi connectivity index (χ3n) is 14.4. The quantitative estimate of drug-likeness (QED) is 0.0321. The van der Waals surface area contributed by atoms with Gasteiger partial charge in [0.25, 0.3) is 0 Å². The van der Waals surface area contributed by atoms with E-state index in [-0.39, 0.29) is 18.5 Å². The summed E-state index contributed by atoms with van der Waals surface area (Å²) in [6.07, 6.45) is 74.7. The summed E-state index contributed by atoms with van der Waals surface area (Å²) in [5.41, 5.74) is 0. The van der Waals surface area contributed by atoms with Crippen molar-refractivity contribution in [2.45, 2.75) is 347 Å². The zero-order valence-electron chi connectivity index (χ0n) is 47.0. The summed E-state index contributed by atoms with van der Waals surface area (Å²) in [5.74, 6) is -0.0678. The van der Waals surface area contributed by atoms with Crippen LogP contribution in [-0.2, 0) is 14.3 Å². The van der Waals surface area contributed by atoms with Gasteiger partial charge in [0, 0.05) is 12.8 Å². The largest absolute Gasteiger partial charge is 0.466 e. The van der Waals surface area contributed by atoms with Gasteiger partial charge in [-0.3, -0.25) is 9.59 Å². The highest BCUT2D eigenvalue weighted by Gasteiger charge is 2.18. The summed E-state index contributed by atoms with van der Waals surface area (Å²) in [5, 5.41) is 23.1. The molecule has 1 amide bonds. The molecule has 0 aromatic rings. The second-order valence-electron chi connectivity index (χ2n) is 21.4. The normalized spacial score (nSPS) is 12.8. The minimum Gasteiger partial charge on any atom is -0.466 e. The number of nitrogens with one attached hydrogen (secondary N) is 1. The van der Waals surface area contributed by atoms with Crippen molar-refractivity contribution in [1.29, 1.82) is 0 Å². The standard InChI is InChI=1S/C64H121NO5/c1-3-5-7-9-11-13-15-17-18-26-30-34-38-42-46-50-54-58-64(69)70-59-55-51-47-43-39-35-31-28-25-23-21-19-20-22-24-27-29-33-37-41-45-49-53-57-63(68)65-61(60-66)62(67)56-52-48-44-40-36-32-16-14-12-10-8-6-4-2/h19,21-22,24,52,56,61-62,66-67H,3-18,20,23,25-51,53-55,57-60H2,1-2H3,(H,65,68)/b21-19-,24-22-,56-52+. The summed E-state index contributed by atoms with van der Waals surface area (Å²) in [7, 11) is 0. The molecule has 0 heterocycles. The fraction of sp³-hybridized carbons (Fsp3) is 0.875. The molecular formula is C64H121NO5. The molecule has 0 saturated heterocycles. The average Bonchev–Trinajstić information content (AvgIpc) is 3.36. The number of allylic oxidation sites excluding steroid dienone is 5. The first-order chi connectivity index (χ1) is 34.5. The van der Waals surface area contributed by atoms with E-state index in [0.29, 0.717) is 19.4 Å². The van der Waals surface area contributed by atoms with Gasteiger partial charge in [-0.2, -0.15) is 0 Å². The third-order valence-corrected chi connectivity index (χ3v) is 14.4. The van der Waals surface area contributed by atoms with Gasteiger partial charge in [0.05, 0.1) is 25.4 Å². The fourth-order valence-corrected chi connectivity index (χ4v) is 9.61. The Morgan fingerprint density at radius 3 is 1.09 bits per heavy atom. The van der Waals surface area contributed by atoms with Gasteiger partial charge >= 0.3 is 5.97 Å². The number of unbranched alkanes of at least 4 members (excludes halogenated alkanes) is 43. The third kappa shape index (κ3) is 55.4. The number of rotatable bonds is 58. The number of carbonyl (C=O) groups excluding carboxylic acids is 2. The highest BCUT2D eigenvalue weighted by molar-refractivity contribution is 5.76. The number of amides is 1. The maximum Gasteiger partial charge on any atom is 0.305 e. The molecule has 0 saturated carbocycles. The van der Waals surface area contributed by atoms with Crippen LogP contribution < -0.4 is 5.32 Å². The van der Waals surface area contributed by atoms with Gasteiger partial charge in [-0.1, -0.05) is 294 Å². The topological polar surface area (TPSA) is 95.9 Å². The molecule has 6 heteroatoms.